The van der Waals surface area contributed by atoms with E-state index in [2.05, 4.69) is 4.98 Å². The van der Waals surface area contributed by atoms with Crippen LogP contribution in [-0.2, 0) is 0 Å². The van der Waals surface area contributed by atoms with Gasteiger partial charge in [0.15, 0.2) is 12.1 Å². The monoisotopic (exact) mass is 269 g/mol. The molecule has 2 rings (SSSR count). The first kappa shape index (κ1) is 12.0. The molecule has 2 aromatic rings. The van der Waals surface area contributed by atoms with Gasteiger partial charge in [0.25, 0.3) is 0 Å². The van der Waals surface area contributed by atoms with Crippen LogP contribution in [0, 0.1) is 5.82 Å². The van der Waals surface area contributed by atoms with Gasteiger partial charge in [0.1, 0.15) is 0 Å². The van der Waals surface area contributed by atoms with E-state index in [0.717, 1.165) is 6.20 Å². The molecule has 5 heteroatoms. The van der Waals surface area contributed by atoms with Gasteiger partial charge in [0.2, 0.25) is 0 Å². The summed E-state index contributed by atoms with van der Waals surface area (Å²) in [4.78, 5) is 14.6. The van der Waals surface area contributed by atoms with Crippen LogP contribution in [0.15, 0.2) is 30.6 Å². The molecule has 0 atom stereocenters. The second-order valence-corrected chi connectivity index (χ2v) is 4.23. The first-order valence-electron chi connectivity index (χ1n) is 4.67. The number of pyridine rings is 1. The number of nitrogens with zero attached hydrogens (tertiary/aromatic N) is 1. The average Bonchev–Trinajstić information content (AvgIpc) is 2.27. The van der Waals surface area contributed by atoms with E-state index in [4.69, 9.17) is 23.2 Å². The molecule has 1 aromatic carbocycles. The van der Waals surface area contributed by atoms with Crippen LogP contribution >= 0.6 is 23.2 Å². The maximum absolute atomic E-state index is 13.4. The number of halogens is 3. The van der Waals surface area contributed by atoms with E-state index in [1.165, 1.54) is 6.20 Å². The van der Waals surface area contributed by atoms with E-state index in [1.54, 1.807) is 18.2 Å². The van der Waals surface area contributed by atoms with Crippen LogP contribution in [0.3, 0.4) is 0 Å². The summed E-state index contributed by atoms with van der Waals surface area (Å²) < 4.78 is 13.4. The summed E-state index contributed by atoms with van der Waals surface area (Å²) in [5.41, 5.74) is 0.860. The van der Waals surface area contributed by atoms with Gasteiger partial charge in [0.05, 0.1) is 11.8 Å². The minimum atomic E-state index is -0.673. The molecule has 1 heterocycles. The Labute approximate surface area is 107 Å². The summed E-state index contributed by atoms with van der Waals surface area (Å²) in [7, 11) is 0. The Kier molecular flexibility index (Phi) is 3.41. The van der Waals surface area contributed by atoms with Gasteiger partial charge in [-0.15, -0.1) is 0 Å². The van der Waals surface area contributed by atoms with Crippen molar-refractivity contribution in [1.29, 1.82) is 0 Å². The lowest BCUT2D eigenvalue weighted by molar-refractivity contribution is 0.112. The Balaban J connectivity index is 2.67. The van der Waals surface area contributed by atoms with Gasteiger partial charge in [-0.3, -0.25) is 9.78 Å². The van der Waals surface area contributed by atoms with Crippen molar-refractivity contribution >= 4 is 29.5 Å². The molecule has 0 saturated heterocycles. The topological polar surface area (TPSA) is 30.0 Å². The van der Waals surface area contributed by atoms with Crippen LogP contribution in [0.1, 0.15) is 10.4 Å². The second kappa shape index (κ2) is 4.82. The standard InChI is InChI=1S/C12H6Cl2FNO/c13-8-1-7(2-9(14)3-8)10-4-16-5-12(15)11(10)6-17/h1-6H. The lowest BCUT2D eigenvalue weighted by Gasteiger charge is -2.06. The SMILES string of the molecule is O=Cc1c(F)cncc1-c1cc(Cl)cc(Cl)c1. The minimum Gasteiger partial charge on any atom is -0.298 e. The zero-order valence-electron chi connectivity index (χ0n) is 8.45. The van der Waals surface area contributed by atoms with Crippen molar-refractivity contribution in [1.82, 2.24) is 4.98 Å². The molecule has 0 radical (unpaired) electrons. The number of rotatable bonds is 2. The maximum atomic E-state index is 13.4. The lowest BCUT2D eigenvalue weighted by Crippen LogP contribution is -1.94. The predicted molar refractivity (Wildman–Crippen MR) is 65.0 cm³/mol. The Bertz CT molecular complexity index is 566. The Hall–Kier alpha value is -1.45. The van der Waals surface area contributed by atoms with Crippen LogP contribution in [-0.4, -0.2) is 11.3 Å². The van der Waals surface area contributed by atoms with E-state index in [9.17, 15) is 9.18 Å². The largest absolute Gasteiger partial charge is 0.298 e. The predicted octanol–water partition coefficient (Wildman–Crippen LogP) is 4.01. The number of hydrogen-bond donors (Lipinski definition) is 0. The molecule has 17 heavy (non-hydrogen) atoms. The zero-order chi connectivity index (χ0) is 12.4. The van der Waals surface area contributed by atoms with Gasteiger partial charge in [-0.05, 0) is 23.8 Å². The van der Waals surface area contributed by atoms with E-state index in [0.29, 0.717) is 27.5 Å². The maximum Gasteiger partial charge on any atom is 0.153 e. The minimum absolute atomic E-state index is 0.0571. The molecule has 2 nitrogen and oxygen atoms in total. The third-order valence-corrected chi connectivity index (χ3v) is 2.67. The summed E-state index contributed by atoms with van der Waals surface area (Å²) in [6, 6.07) is 4.74. The van der Waals surface area contributed by atoms with Crippen LogP contribution in [0.4, 0.5) is 4.39 Å². The molecule has 0 unspecified atom stereocenters. The number of hydrogen-bond acceptors (Lipinski definition) is 2. The molecule has 1 aromatic heterocycles. The van der Waals surface area contributed by atoms with Gasteiger partial charge >= 0.3 is 0 Å². The number of aldehydes is 1. The summed E-state index contributed by atoms with van der Waals surface area (Å²) in [6.45, 7) is 0. The molecule has 0 saturated carbocycles. The summed E-state index contributed by atoms with van der Waals surface area (Å²) in [6.07, 6.45) is 2.83. The third kappa shape index (κ3) is 2.46. The average molecular weight is 270 g/mol. The van der Waals surface area contributed by atoms with Crippen molar-refractivity contribution in [2.45, 2.75) is 0 Å². The van der Waals surface area contributed by atoms with Gasteiger partial charge in [0, 0.05) is 21.8 Å². The number of carbonyl (C=O) groups is 1. The molecule has 0 N–H and O–H groups in total. The molecule has 0 aliphatic heterocycles. The Morgan fingerprint density at radius 1 is 1.12 bits per heavy atom. The summed E-state index contributed by atoms with van der Waals surface area (Å²) in [5, 5.41) is 0.822. The van der Waals surface area contributed by atoms with Gasteiger partial charge < -0.3 is 0 Å². The fraction of sp³-hybridized carbons (Fsp3) is 0. The zero-order valence-corrected chi connectivity index (χ0v) is 9.97. The molecular formula is C12H6Cl2FNO. The Morgan fingerprint density at radius 2 is 1.76 bits per heavy atom. The molecule has 0 aliphatic rings. The van der Waals surface area contributed by atoms with E-state index < -0.39 is 5.82 Å². The highest BCUT2D eigenvalue weighted by molar-refractivity contribution is 6.35. The molecular weight excluding hydrogens is 264 g/mol. The van der Waals surface area contributed by atoms with Crippen LogP contribution in [0.2, 0.25) is 10.0 Å². The van der Waals surface area contributed by atoms with Crippen molar-refractivity contribution in [2.75, 3.05) is 0 Å². The van der Waals surface area contributed by atoms with Crippen molar-refractivity contribution in [2.24, 2.45) is 0 Å². The van der Waals surface area contributed by atoms with E-state index >= 15 is 0 Å². The Morgan fingerprint density at radius 3 is 2.35 bits per heavy atom. The highest BCUT2D eigenvalue weighted by atomic mass is 35.5. The molecule has 86 valence electrons. The van der Waals surface area contributed by atoms with Gasteiger partial charge in [-0.1, -0.05) is 23.2 Å². The third-order valence-electron chi connectivity index (χ3n) is 2.23. The van der Waals surface area contributed by atoms with E-state index in [1.807, 2.05) is 0 Å². The first-order valence-corrected chi connectivity index (χ1v) is 5.42. The fourth-order valence-corrected chi connectivity index (χ4v) is 2.03. The molecule has 0 bridgehead atoms. The highest BCUT2D eigenvalue weighted by Crippen LogP contribution is 2.29. The lowest BCUT2D eigenvalue weighted by atomic mass is 10.0. The van der Waals surface area contributed by atoms with Gasteiger partial charge in [-0.2, -0.15) is 0 Å². The van der Waals surface area contributed by atoms with E-state index in [-0.39, 0.29) is 5.56 Å². The number of carbonyl (C=O) groups excluding carboxylic acids is 1. The molecule has 0 fully saturated rings. The van der Waals surface area contributed by atoms with Gasteiger partial charge in [-0.25, -0.2) is 4.39 Å². The van der Waals surface area contributed by atoms with Crippen molar-refractivity contribution in [3.05, 3.63) is 52.0 Å². The normalized spacial score (nSPS) is 10.3. The first-order chi connectivity index (χ1) is 8.11. The molecule has 0 spiro atoms. The van der Waals surface area contributed by atoms with Crippen LogP contribution in [0.5, 0.6) is 0 Å². The summed E-state index contributed by atoms with van der Waals surface area (Å²) in [5.74, 6) is -0.673. The fourth-order valence-electron chi connectivity index (χ4n) is 1.50. The van der Waals surface area contributed by atoms with Crippen LogP contribution in [0.25, 0.3) is 11.1 Å². The van der Waals surface area contributed by atoms with Crippen molar-refractivity contribution < 1.29 is 9.18 Å². The van der Waals surface area contributed by atoms with Crippen molar-refractivity contribution in [3.63, 3.8) is 0 Å². The van der Waals surface area contributed by atoms with Crippen LogP contribution < -0.4 is 0 Å². The smallest absolute Gasteiger partial charge is 0.153 e. The highest BCUT2D eigenvalue weighted by Gasteiger charge is 2.11. The summed E-state index contributed by atoms with van der Waals surface area (Å²) >= 11 is 11.7. The quantitative estimate of drug-likeness (QED) is 0.772. The number of benzene rings is 1. The van der Waals surface area contributed by atoms with Crippen molar-refractivity contribution in [3.8, 4) is 11.1 Å². The second-order valence-electron chi connectivity index (χ2n) is 3.36. The molecule has 0 aliphatic carbocycles. The number of aromatic nitrogens is 1. The molecule has 0 amide bonds.